The number of nitrogens with zero attached hydrogens (tertiary/aromatic N) is 1. The van der Waals surface area contributed by atoms with E-state index in [2.05, 4.69) is 53.8 Å². The minimum atomic E-state index is 0.240. The maximum Gasteiger partial charge on any atom is 0.124 e. The van der Waals surface area contributed by atoms with Gasteiger partial charge in [0.1, 0.15) is 6.17 Å². The van der Waals surface area contributed by atoms with Crippen molar-refractivity contribution in [3.8, 4) is 0 Å². The Balaban J connectivity index is 1.76. The molecule has 1 N–H and O–H groups in total. The summed E-state index contributed by atoms with van der Waals surface area (Å²) in [5.41, 5.74) is 2.38. The van der Waals surface area contributed by atoms with Crippen LogP contribution in [0.2, 0.25) is 0 Å². The van der Waals surface area contributed by atoms with Crippen LogP contribution in [-0.4, -0.2) is 12.4 Å². The monoisotopic (exact) mass is 268 g/mol. The van der Waals surface area contributed by atoms with Gasteiger partial charge < -0.3 is 9.73 Å². The predicted molar refractivity (Wildman–Crippen MR) is 82.6 cm³/mol. The van der Waals surface area contributed by atoms with Crippen LogP contribution >= 0.6 is 0 Å². The number of hydrogen-bond acceptors (Lipinski definition) is 3. The molecule has 3 heterocycles. The molecule has 0 fully saturated rings. The normalized spacial score (nSPS) is 28.4. The van der Waals surface area contributed by atoms with Gasteiger partial charge in [0.2, 0.25) is 0 Å². The lowest BCUT2D eigenvalue weighted by molar-refractivity contribution is 0.439. The Bertz CT molecular complexity index is 565. The van der Waals surface area contributed by atoms with Crippen molar-refractivity contribution in [1.82, 2.24) is 5.32 Å². The van der Waals surface area contributed by atoms with Crippen molar-refractivity contribution >= 4 is 12.3 Å². The molecule has 0 aromatic carbocycles. The van der Waals surface area contributed by atoms with Gasteiger partial charge in [0.25, 0.3) is 0 Å². The molecule has 0 saturated carbocycles. The molecule has 0 amide bonds. The van der Waals surface area contributed by atoms with Gasteiger partial charge in [-0.25, -0.2) is 0 Å². The van der Waals surface area contributed by atoms with Crippen LogP contribution in [0.1, 0.15) is 36.8 Å². The van der Waals surface area contributed by atoms with Crippen LogP contribution in [0.5, 0.6) is 0 Å². The highest BCUT2D eigenvalue weighted by atomic mass is 16.3. The zero-order valence-electron chi connectivity index (χ0n) is 11.7. The first-order valence-electron chi connectivity index (χ1n) is 7.24. The SMILES string of the molecule is CC/C=C\C=C/c1cocc1C1C=NC2NC=CC2C1. The van der Waals surface area contributed by atoms with Gasteiger partial charge in [0.05, 0.1) is 12.5 Å². The van der Waals surface area contributed by atoms with Gasteiger partial charge in [0.15, 0.2) is 0 Å². The number of fused-ring (bicyclic) bond motifs is 1. The van der Waals surface area contributed by atoms with Crippen LogP contribution in [0, 0.1) is 5.92 Å². The third kappa shape index (κ3) is 2.62. The molecule has 3 unspecified atom stereocenters. The largest absolute Gasteiger partial charge is 0.472 e. The molecule has 3 rings (SSSR count). The van der Waals surface area contributed by atoms with Gasteiger partial charge in [-0.3, -0.25) is 4.99 Å². The molecule has 0 spiro atoms. The molecule has 104 valence electrons. The second kappa shape index (κ2) is 5.95. The quantitative estimate of drug-likeness (QED) is 0.841. The second-order valence-electron chi connectivity index (χ2n) is 5.25. The Labute approximate surface area is 119 Å². The van der Waals surface area contributed by atoms with E-state index >= 15 is 0 Å². The lowest BCUT2D eigenvalue weighted by Crippen LogP contribution is -2.30. The molecule has 0 bridgehead atoms. The first kappa shape index (κ1) is 13.0. The lowest BCUT2D eigenvalue weighted by atomic mass is 9.86. The summed E-state index contributed by atoms with van der Waals surface area (Å²) < 4.78 is 5.40. The molecule has 1 aromatic rings. The first-order valence-corrected chi connectivity index (χ1v) is 7.24. The van der Waals surface area contributed by atoms with Gasteiger partial charge in [0, 0.05) is 29.2 Å². The van der Waals surface area contributed by atoms with E-state index in [0.717, 1.165) is 18.4 Å². The highest BCUT2D eigenvalue weighted by molar-refractivity contribution is 5.72. The van der Waals surface area contributed by atoms with Crippen LogP contribution < -0.4 is 5.32 Å². The minimum absolute atomic E-state index is 0.240. The van der Waals surface area contributed by atoms with Gasteiger partial charge in [-0.15, -0.1) is 0 Å². The van der Waals surface area contributed by atoms with Crippen LogP contribution in [0.15, 0.2) is 52.4 Å². The van der Waals surface area contributed by atoms with E-state index in [1.165, 1.54) is 5.56 Å². The van der Waals surface area contributed by atoms with E-state index in [-0.39, 0.29) is 6.17 Å². The molecule has 3 nitrogen and oxygen atoms in total. The summed E-state index contributed by atoms with van der Waals surface area (Å²) >= 11 is 0. The average Bonchev–Trinajstić information content (AvgIpc) is 3.11. The maximum absolute atomic E-state index is 5.40. The molecule has 20 heavy (non-hydrogen) atoms. The van der Waals surface area contributed by atoms with Crippen molar-refractivity contribution in [2.75, 3.05) is 0 Å². The van der Waals surface area contributed by atoms with Crippen molar-refractivity contribution in [2.45, 2.75) is 31.8 Å². The number of nitrogens with one attached hydrogen (secondary N) is 1. The molecule has 0 saturated heterocycles. The smallest absolute Gasteiger partial charge is 0.124 e. The Hall–Kier alpha value is -2.03. The third-order valence-electron chi connectivity index (χ3n) is 3.85. The number of hydrogen-bond donors (Lipinski definition) is 1. The van der Waals surface area contributed by atoms with Gasteiger partial charge in [-0.1, -0.05) is 37.3 Å². The van der Waals surface area contributed by atoms with E-state index in [1.807, 2.05) is 18.7 Å². The van der Waals surface area contributed by atoms with Gasteiger partial charge in [-0.2, -0.15) is 0 Å². The summed E-state index contributed by atoms with van der Waals surface area (Å²) in [6.07, 6.45) is 20.7. The summed E-state index contributed by atoms with van der Waals surface area (Å²) in [7, 11) is 0. The number of furan rings is 1. The molecule has 3 atom stereocenters. The molecule has 1 aromatic heterocycles. The Kier molecular flexibility index (Phi) is 3.86. The Morgan fingerprint density at radius 3 is 3.25 bits per heavy atom. The van der Waals surface area contributed by atoms with E-state index in [9.17, 15) is 0 Å². The number of rotatable bonds is 4. The predicted octanol–water partition coefficient (Wildman–Crippen LogP) is 3.88. The van der Waals surface area contributed by atoms with E-state index in [1.54, 1.807) is 0 Å². The van der Waals surface area contributed by atoms with Crippen LogP contribution in [0.3, 0.4) is 0 Å². The molecular formula is C17H20N2O. The second-order valence-corrected chi connectivity index (χ2v) is 5.25. The third-order valence-corrected chi connectivity index (χ3v) is 3.85. The zero-order chi connectivity index (χ0) is 13.8. The zero-order valence-corrected chi connectivity index (χ0v) is 11.7. The fourth-order valence-corrected chi connectivity index (χ4v) is 2.75. The van der Waals surface area contributed by atoms with Crippen molar-refractivity contribution in [3.05, 3.63) is 54.2 Å². The molecule has 2 aliphatic rings. The number of allylic oxidation sites excluding steroid dienone is 3. The summed E-state index contributed by atoms with van der Waals surface area (Å²) in [5.74, 6) is 0.839. The van der Waals surface area contributed by atoms with Crippen LogP contribution in [-0.2, 0) is 0 Å². The topological polar surface area (TPSA) is 37.5 Å². The first-order chi connectivity index (χ1) is 9.88. The van der Waals surface area contributed by atoms with Crippen molar-refractivity contribution in [3.63, 3.8) is 0 Å². The number of aliphatic imine (C=N–C) groups is 1. The Morgan fingerprint density at radius 2 is 2.35 bits per heavy atom. The fraction of sp³-hybridized carbons (Fsp3) is 0.353. The molecular weight excluding hydrogens is 248 g/mol. The fourth-order valence-electron chi connectivity index (χ4n) is 2.75. The molecule has 3 heteroatoms. The van der Waals surface area contributed by atoms with Crippen molar-refractivity contribution in [1.29, 1.82) is 0 Å². The summed E-state index contributed by atoms with van der Waals surface area (Å²) in [6, 6.07) is 0. The molecule has 0 aliphatic carbocycles. The van der Waals surface area contributed by atoms with Crippen LogP contribution in [0.4, 0.5) is 0 Å². The molecule has 0 radical (unpaired) electrons. The summed E-state index contributed by atoms with van der Waals surface area (Å²) in [6.45, 7) is 2.13. The van der Waals surface area contributed by atoms with E-state index in [0.29, 0.717) is 11.8 Å². The highest BCUT2D eigenvalue weighted by Crippen LogP contribution is 2.33. The van der Waals surface area contributed by atoms with Gasteiger partial charge >= 0.3 is 0 Å². The molecule has 2 aliphatic heterocycles. The van der Waals surface area contributed by atoms with Crippen LogP contribution in [0.25, 0.3) is 6.08 Å². The Morgan fingerprint density at radius 1 is 1.40 bits per heavy atom. The van der Waals surface area contributed by atoms with E-state index in [4.69, 9.17) is 4.42 Å². The van der Waals surface area contributed by atoms with E-state index < -0.39 is 0 Å². The average molecular weight is 268 g/mol. The highest BCUT2D eigenvalue weighted by Gasteiger charge is 2.30. The lowest BCUT2D eigenvalue weighted by Gasteiger charge is -2.25. The van der Waals surface area contributed by atoms with Gasteiger partial charge in [-0.05, 0) is 19.0 Å². The minimum Gasteiger partial charge on any atom is -0.472 e. The summed E-state index contributed by atoms with van der Waals surface area (Å²) in [4.78, 5) is 4.60. The standard InChI is InChI=1S/C17H20N2O/c1-2-3-4-5-6-14-11-20-12-16(14)15-9-13-7-8-18-17(13)19-10-15/h3-8,10-13,15,17-18H,2,9H2,1H3/b4-3-,6-5-. The van der Waals surface area contributed by atoms with Crippen molar-refractivity contribution < 1.29 is 4.42 Å². The maximum atomic E-state index is 5.40. The summed E-state index contributed by atoms with van der Waals surface area (Å²) in [5, 5.41) is 3.26. The van der Waals surface area contributed by atoms with Crippen molar-refractivity contribution in [2.24, 2.45) is 10.9 Å².